The Morgan fingerprint density at radius 3 is 2.74 bits per heavy atom. The first kappa shape index (κ1) is 16.2. The number of H-pyrrole nitrogens is 1. The molecule has 6 heteroatoms. The summed E-state index contributed by atoms with van der Waals surface area (Å²) < 4.78 is 1.84. The van der Waals surface area contributed by atoms with Crippen LogP contribution in [0.1, 0.15) is 36.8 Å². The van der Waals surface area contributed by atoms with Gasteiger partial charge in [-0.15, -0.1) is 5.10 Å². The second-order valence-corrected chi connectivity index (χ2v) is 7.11. The van der Waals surface area contributed by atoms with E-state index in [9.17, 15) is 0 Å². The number of hydrogen-bond acceptors (Lipinski definition) is 4. The summed E-state index contributed by atoms with van der Waals surface area (Å²) in [6.07, 6.45) is 5.59. The van der Waals surface area contributed by atoms with Gasteiger partial charge in [-0.05, 0) is 43.7 Å². The van der Waals surface area contributed by atoms with E-state index in [0.29, 0.717) is 6.04 Å². The third kappa shape index (κ3) is 3.24. The van der Waals surface area contributed by atoms with Gasteiger partial charge in [0.2, 0.25) is 0 Å². The summed E-state index contributed by atoms with van der Waals surface area (Å²) in [5, 5.41) is 8.70. The lowest BCUT2D eigenvalue weighted by atomic mass is 10.0. The molecule has 1 N–H and O–H groups in total. The number of benzene rings is 2. The number of rotatable bonds is 4. The van der Waals surface area contributed by atoms with Crippen LogP contribution in [0.3, 0.4) is 0 Å². The van der Waals surface area contributed by atoms with Crippen LogP contribution in [-0.4, -0.2) is 36.4 Å². The van der Waals surface area contributed by atoms with Crippen molar-refractivity contribution in [3.05, 3.63) is 72.3 Å². The number of likely N-dealkylation sites (tertiary alicyclic amines) is 1. The molecule has 0 aliphatic carbocycles. The minimum absolute atomic E-state index is 0.299. The van der Waals surface area contributed by atoms with Gasteiger partial charge < -0.3 is 4.98 Å². The molecule has 1 saturated heterocycles. The van der Waals surface area contributed by atoms with Crippen LogP contribution in [-0.2, 0) is 6.54 Å². The van der Waals surface area contributed by atoms with Gasteiger partial charge in [0, 0.05) is 6.54 Å². The summed E-state index contributed by atoms with van der Waals surface area (Å²) in [4.78, 5) is 10.8. The van der Waals surface area contributed by atoms with Crippen LogP contribution in [0, 0.1) is 0 Å². The number of para-hydroxylation sites is 3. The number of piperidine rings is 1. The Labute approximate surface area is 157 Å². The second kappa shape index (κ2) is 6.96. The van der Waals surface area contributed by atoms with E-state index in [-0.39, 0.29) is 0 Å². The number of fused-ring (bicyclic) bond motifs is 1. The summed E-state index contributed by atoms with van der Waals surface area (Å²) in [5.41, 5.74) is 4.16. The Morgan fingerprint density at radius 1 is 1.00 bits per heavy atom. The first-order valence-electron chi connectivity index (χ1n) is 9.52. The summed E-state index contributed by atoms with van der Waals surface area (Å²) in [5.74, 6) is 1.06. The topological polar surface area (TPSA) is 62.6 Å². The van der Waals surface area contributed by atoms with E-state index >= 15 is 0 Å². The zero-order chi connectivity index (χ0) is 18.1. The minimum Gasteiger partial charge on any atom is -0.341 e. The molecule has 6 nitrogen and oxygen atoms in total. The van der Waals surface area contributed by atoms with Gasteiger partial charge in [0.25, 0.3) is 0 Å². The van der Waals surface area contributed by atoms with Crippen LogP contribution in [0.4, 0.5) is 0 Å². The number of aromatic nitrogens is 5. The van der Waals surface area contributed by atoms with Gasteiger partial charge in [-0.2, -0.15) is 0 Å². The van der Waals surface area contributed by atoms with E-state index in [1.54, 1.807) is 0 Å². The predicted molar refractivity (Wildman–Crippen MR) is 104 cm³/mol. The van der Waals surface area contributed by atoms with Crippen LogP contribution in [0.2, 0.25) is 0 Å². The lowest BCUT2D eigenvalue weighted by Crippen LogP contribution is -2.33. The zero-order valence-electron chi connectivity index (χ0n) is 15.1. The monoisotopic (exact) mass is 358 g/mol. The van der Waals surface area contributed by atoms with Crippen LogP contribution >= 0.6 is 0 Å². The summed E-state index contributed by atoms with van der Waals surface area (Å²) in [6, 6.07) is 18.6. The summed E-state index contributed by atoms with van der Waals surface area (Å²) >= 11 is 0. The third-order valence-electron chi connectivity index (χ3n) is 5.26. The molecule has 2 aromatic heterocycles. The van der Waals surface area contributed by atoms with Crippen molar-refractivity contribution in [3.63, 3.8) is 0 Å². The van der Waals surface area contributed by atoms with Crippen molar-refractivity contribution in [1.82, 2.24) is 29.9 Å². The molecular weight excluding hydrogens is 336 g/mol. The average molecular weight is 358 g/mol. The molecule has 1 aliphatic rings. The highest BCUT2D eigenvalue weighted by Crippen LogP contribution is 2.31. The molecular formula is C21H22N6. The van der Waals surface area contributed by atoms with Gasteiger partial charge in [-0.3, -0.25) is 4.90 Å². The number of aromatic amines is 1. The average Bonchev–Trinajstić information content (AvgIpc) is 3.36. The maximum Gasteiger partial charge on any atom is 0.124 e. The van der Waals surface area contributed by atoms with Crippen molar-refractivity contribution in [3.8, 4) is 5.69 Å². The largest absolute Gasteiger partial charge is 0.341 e. The standard InChI is InChI=1S/C21H22N6/c1-2-8-17(9-3-1)27-15-16(24-25-27)14-26-13-7-6-12-20(26)21-22-18-10-4-5-11-19(18)23-21/h1-5,8-11,15,20H,6-7,12-14H2,(H,22,23). The highest BCUT2D eigenvalue weighted by Gasteiger charge is 2.27. The number of hydrogen-bond donors (Lipinski definition) is 1. The van der Waals surface area contributed by atoms with Crippen LogP contribution in [0.25, 0.3) is 16.7 Å². The van der Waals surface area contributed by atoms with Gasteiger partial charge in [-0.25, -0.2) is 9.67 Å². The highest BCUT2D eigenvalue weighted by molar-refractivity contribution is 5.74. The Morgan fingerprint density at radius 2 is 1.85 bits per heavy atom. The normalized spacial score (nSPS) is 18.1. The highest BCUT2D eigenvalue weighted by atomic mass is 15.4. The van der Waals surface area contributed by atoms with Crippen LogP contribution in [0.15, 0.2) is 60.8 Å². The molecule has 0 bridgehead atoms. The van der Waals surface area contributed by atoms with Gasteiger partial charge in [0.05, 0.1) is 34.7 Å². The van der Waals surface area contributed by atoms with E-state index in [4.69, 9.17) is 4.98 Å². The van der Waals surface area contributed by atoms with E-state index in [2.05, 4.69) is 32.3 Å². The minimum atomic E-state index is 0.299. The molecule has 136 valence electrons. The maximum atomic E-state index is 4.84. The van der Waals surface area contributed by atoms with Gasteiger partial charge >= 0.3 is 0 Å². The van der Waals surface area contributed by atoms with Crippen molar-refractivity contribution < 1.29 is 0 Å². The second-order valence-electron chi connectivity index (χ2n) is 7.11. The molecule has 0 amide bonds. The maximum absolute atomic E-state index is 4.84. The van der Waals surface area contributed by atoms with E-state index in [0.717, 1.165) is 47.7 Å². The van der Waals surface area contributed by atoms with Crippen LogP contribution in [0.5, 0.6) is 0 Å². The smallest absolute Gasteiger partial charge is 0.124 e. The van der Waals surface area contributed by atoms with Crippen molar-refractivity contribution in [2.24, 2.45) is 0 Å². The predicted octanol–water partition coefficient (Wildman–Crippen LogP) is 3.87. The first-order valence-corrected chi connectivity index (χ1v) is 9.52. The first-order chi connectivity index (χ1) is 13.4. The quantitative estimate of drug-likeness (QED) is 0.601. The fraction of sp³-hybridized carbons (Fsp3) is 0.286. The Bertz CT molecular complexity index is 1000. The lowest BCUT2D eigenvalue weighted by molar-refractivity contribution is 0.133. The SMILES string of the molecule is c1ccc(-n2cc(CN3CCCCC3c3nc4ccccc4[nH]3)nn2)cc1. The molecule has 5 rings (SSSR count). The molecule has 4 aromatic rings. The molecule has 1 fully saturated rings. The lowest BCUT2D eigenvalue weighted by Gasteiger charge is -2.33. The van der Waals surface area contributed by atoms with Gasteiger partial charge in [0.1, 0.15) is 5.82 Å². The summed E-state index contributed by atoms with van der Waals surface area (Å²) in [6.45, 7) is 1.84. The molecule has 1 unspecified atom stereocenters. The van der Waals surface area contributed by atoms with E-state index in [1.165, 1.54) is 12.8 Å². The van der Waals surface area contributed by atoms with Gasteiger partial charge in [-0.1, -0.05) is 42.0 Å². The van der Waals surface area contributed by atoms with Crippen LogP contribution < -0.4 is 0 Å². The number of nitrogens with one attached hydrogen (secondary N) is 1. The van der Waals surface area contributed by atoms with E-state index in [1.807, 2.05) is 53.3 Å². The molecule has 2 aromatic carbocycles. The molecule has 0 saturated carbocycles. The fourth-order valence-electron chi connectivity index (χ4n) is 3.91. The zero-order valence-corrected chi connectivity index (χ0v) is 15.1. The molecule has 1 aliphatic heterocycles. The number of nitrogens with zero attached hydrogens (tertiary/aromatic N) is 5. The Hall–Kier alpha value is -2.99. The fourth-order valence-corrected chi connectivity index (χ4v) is 3.91. The third-order valence-corrected chi connectivity index (χ3v) is 5.26. The molecule has 3 heterocycles. The molecule has 0 radical (unpaired) electrons. The van der Waals surface area contributed by atoms with Crippen molar-refractivity contribution in [2.75, 3.05) is 6.54 Å². The van der Waals surface area contributed by atoms with E-state index < -0.39 is 0 Å². The molecule has 0 spiro atoms. The molecule has 1 atom stereocenters. The Balaban J connectivity index is 1.39. The van der Waals surface area contributed by atoms with Crippen molar-refractivity contribution in [2.45, 2.75) is 31.8 Å². The molecule has 27 heavy (non-hydrogen) atoms. The van der Waals surface area contributed by atoms with Crippen molar-refractivity contribution in [1.29, 1.82) is 0 Å². The van der Waals surface area contributed by atoms with Gasteiger partial charge in [0.15, 0.2) is 0 Å². The number of imidazole rings is 1. The Kier molecular flexibility index (Phi) is 4.18. The van der Waals surface area contributed by atoms with Crippen molar-refractivity contribution >= 4 is 11.0 Å². The summed E-state index contributed by atoms with van der Waals surface area (Å²) in [7, 11) is 0.